The zero-order valence-electron chi connectivity index (χ0n) is 9.28. The molecule has 1 N–H and O–H groups in total. The van der Waals surface area contributed by atoms with Gasteiger partial charge in [-0.2, -0.15) is 0 Å². The summed E-state index contributed by atoms with van der Waals surface area (Å²) < 4.78 is 2.14. The van der Waals surface area contributed by atoms with Crippen LogP contribution in [0.2, 0.25) is 5.02 Å². The highest BCUT2D eigenvalue weighted by Gasteiger charge is 2.08. The van der Waals surface area contributed by atoms with Crippen molar-refractivity contribution in [1.82, 2.24) is 9.55 Å². The lowest BCUT2D eigenvalue weighted by atomic mass is 10.3. The molecule has 2 aromatic rings. The molecule has 0 aliphatic heterocycles. The van der Waals surface area contributed by atoms with Gasteiger partial charge in [-0.1, -0.05) is 18.5 Å². The van der Waals surface area contributed by atoms with Crippen LogP contribution in [-0.2, 0) is 13.0 Å². The summed E-state index contributed by atoms with van der Waals surface area (Å²) in [6.07, 6.45) is 1.63. The van der Waals surface area contributed by atoms with Gasteiger partial charge in [0.25, 0.3) is 0 Å². The van der Waals surface area contributed by atoms with Gasteiger partial charge in [-0.25, -0.2) is 4.98 Å². The quantitative estimate of drug-likeness (QED) is 0.889. The van der Waals surface area contributed by atoms with Crippen molar-refractivity contribution in [2.45, 2.75) is 26.3 Å². The molecule has 1 aromatic carbocycles. The van der Waals surface area contributed by atoms with Crippen LogP contribution in [0.15, 0.2) is 18.2 Å². The minimum atomic E-state index is 0.198. The maximum atomic E-state index is 8.90. The molecule has 0 unspecified atom stereocenters. The van der Waals surface area contributed by atoms with E-state index in [4.69, 9.17) is 16.7 Å². The summed E-state index contributed by atoms with van der Waals surface area (Å²) in [6, 6.07) is 5.72. The third kappa shape index (κ3) is 2.06. The first kappa shape index (κ1) is 11.4. The van der Waals surface area contributed by atoms with Crippen molar-refractivity contribution in [3.05, 3.63) is 29.0 Å². The predicted molar refractivity (Wildman–Crippen MR) is 65.8 cm³/mol. The van der Waals surface area contributed by atoms with E-state index in [-0.39, 0.29) is 6.61 Å². The molecule has 0 amide bonds. The second-order valence-corrected chi connectivity index (χ2v) is 4.18. The number of benzene rings is 1. The summed E-state index contributed by atoms with van der Waals surface area (Å²) >= 11 is 5.99. The van der Waals surface area contributed by atoms with Crippen molar-refractivity contribution < 1.29 is 5.11 Å². The Labute approximate surface area is 99.7 Å². The van der Waals surface area contributed by atoms with E-state index in [2.05, 4.69) is 16.5 Å². The van der Waals surface area contributed by atoms with Gasteiger partial charge in [0, 0.05) is 24.6 Å². The number of nitrogens with zero attached hydrogens (tertiary/aromatic N) is 2. The van der Waals surface area contributed by atoms with E-state index in [0.29, 0.717) is 0 Å². The molecule has 0 atom stereocenters. The highest BCUT2D eigenvalue weighted by Crippen LogP contribution is 2.21. The summed E-state index contributed by atoms with van der Waals surface area (Å²) in [5.74, 6) is 1.05. The van der Waals surface area contributed by atoms with Crippen LogP contribution in [0, 0.1) is 0 Å². The van der Waals surface area contributed by atoms with Gasteiger partial charge in [0.2, 0.25) is 0 Å². The third-order valence-corrected chi connectivity index (χ3v) is 2.88. The van der Waals surface area contributed by atoms with Gasteiger partial charge in [0.15, 0.2) is 0 Å². The van der Waals surface area contributed by atoms with Gasteiger partial charge in [-0.05, 0) is 24.6 Å². The fraction of sp³-hybridized carbons (Fsp3) is 0.417. The van der Waals surface area contributed by atoms with Crippen molar-refractivity contribution in [2.24, 2.45) is 0 Å². The van der Waals surface area contributed by atoms with Crippen molar-refractivity contribution in [3.8, 4) is 0 Å². The summed E-state index contributed by atoms with van der Waals surface area (Å²) in [7, 11) is 0. The fourth-order valence-electron chi connectivity index (χ4n) is 1.89. The molecule has 0 saturated carbocycles. The van der Waals surface area contributed by atoms with Crippen molar-refractivity contribution >= 4 is 22.6 Å². The SMILES string of the molecule is CCc1nc2ccc(Cl)cc2n1CCCO. The van der Waals surface area contributed by atoms with Crippen LogP contribution < -0.4 is 0 Å². The molecule has 1 heterocycles. The molecule has 0 aliphatic carbocycles. The number of hydrogen-bond donors (Lipinski definition) is 1. The molecule has 0 fully saturated rings. The number of aromatic nitrogens is 2. The van der Waals surface area contributed by atoms with Crippen LogP contribution in [0.1, 0.15) is 19.2 Å². The smallest absolute Gasteiger partial charge is 0.109 e. The summed E-state index contributed by atoms with van der Waals surface area (Å²) in [6.45, 7) is 3.07. The molecule has 0 bridgehead atoms. The Bertz CT molecular complexity index is 493. The van der Waals surface area contributed by atoms with Gasteiger partial charge < -0.3 is 9.67 Å². The largest absolute Gasteiger partial charge is 0.396 e. The molecule has 16 heavy (non-hydrogen) atoms. The summed E-state index contributed by atoms with van der Waals surface area (Å²) in [5.41, 5.74) is 2.02. The average Bonchev–Trinajstić information content (AvgIpc) is 2.63. The van der Waals surface area contributed by atoms with Gasteiger partial charge in [-0.3, -0.25) is 0 Å². The predicted octanol–water partition coefficient (Wildman–Crippen LogP) is 2.63. The lowest BCUT2D eigenvalue weighted by Gasteiger charge is -2.06. The van der Waals surface area contributed by atoms with E-state index in [0.717, 1.165) is 41.3 Å². The molecule has 0 saturated heterocycles. The van der Waals surface area contributed by atoms with Gasteiger partial charge in [0.05, 0.1) is 11.0 Å². The van der Waals surface area contributed by atoms with Crippen LogP contribution in [0.3, 0.4) is 0 Å². The van der Waals surface area contributed by atoms with Crippen LogP contribution in [-0.4, -0.2) is 21.3 Å². The summed E-state index contributed by atoms with van der Waals surface area (Å²) in [4.78, 5) is 4.55. The Morgan fingerprint density at radius 2 is 2.25 bits per heavy atom. The number of halogens is 1. The zero-order valence-corrected chi connectivity index (χ0v) is 10.0. The first-order valence-corrected chi connectivity index (χ1v) is 5.89. The van der Waals surface area contributed by atoms with Crippen molar-refractivity contribution in [1.29, 1.82) is 0 Å². The van der Waals surface area contributed by atoms with E-state index in [1.807, 2.05) is 18.2 Å². The molecule has 2 rings (SSSR count). The van der Waals surface area contributed by atoms with Crippen molar-refractivity contribution in [2.75, 3.05) is 6.61 Å². The monoisotopic (exact) mass is 238 g/mol. The van der Waals surface area contributed by atoms with E-state index in [1.54, 1.807) is 0 Å². The highest BCUT2D eigenvalue weighted by molar-refractivity contribution is 6.31. The normalized spacial score (nSPS) is 11.2. The van der Waals surface area contributed by atoms with Gasteiger partial charge >= 0.3 is 0 Å². The van der Waals surface area contributed by atoms with E-state index in [9.17, 15) is 0 Å². The number of hydrogen-bond acceptors (Lipinski definition) is 2. The Kier molecular flexibility index (Phi) is 3.46. The Morgan fingerprint density at radius 1 is 1.44 bits per heavy atom. The highest BCUT2D eigenvalue weighted by atomic mass is 35.5. The number of imidazole rings is 1. The van der Waals surface area contributed by atoms with E-state index in [1.165, 1.54) is 0 Å². The van der Waals surface area contributed by atoms with Gasteiger partial charge in [-0.15, -0.1) is 0 Å². The molecule has 1 aromatic heterocycles. The fourth-order valence-corrected chi connectivity index (χ4v) is 2.06. The number of aliphatic hydroxyl groups is 1. The summed E-state index contributed by atoms with van der Waals surface area (Å²) in [5, 5.41) is 9.62. The molecular weight excluding hydrogens is 224 g/mol. The number of rotatable bonds is 4. The number of fused-ring (bicyclic) bond motifs is 1. The molecule has 0 radical (unpaired) electrons. The minimum absolute atomic E-state index is 0.198. The minimum Gasteiger partial charge on any atom is -0.396 e. The maximum Gasteiger partial charge on any atom is 0.109 e. The molecule has 0 spiro atoms. The zero-order chi connectivity index (χ0) is 11.5. The first-order valence-electron chi connectivity index (χ1n) is 5.51. The van der Waals surface area contributed by atoms with Gasteiger partial charge in [0.1, 0.15) is 5.82 Å². The topological polar surface area (TPSA) is 38.0 Å². The second kappa shape index (κ2) is 4.85. The van der Waals surface area contributed by atoms with Crippen LogP contribution in [0.5, 0.6) is 0 Å². The number of aryl methyl sites for hydroxylation is 2. The Morgan fingerprint density at radius 3 is 2.94 bits per heavy atom. The second-order valence-electron chi connectivity index (χ2n) is 3.74. The molecular formula is C12H15ClN2O. The lowest BCUT2D eigenvalue weighted by Crippen LogP contribution is -2.04. The van der Waals surface area contributed by atoms with Crippen LogP contribution in [0.4, 0.5) is 0 Å². The third-order valence-electron chi connectivity index (χ3n) is 2.65. The average molecular weight is 239 g/mol. The molecule has 3 nitrogen and oxygen atoms in total. The van der Waals surface area contributed by atoms with E-state index < -0.39 is 0 Å². The van der Waals surface area contributed by atoms with E-state index >= 15 is 0 Å². The lowest BCUT2D eigenvalue weighted by molar-refractivity contribution is 0.280. The first-order chi connectivity index (χ1) is 7.76. The van der Waals surface area contributed by atoms with Crippen LogP contribution >= 0.6 is 11.6 Å². The Balaban J connectivity index is 2.52. The number of aliphatic hydroxyl groups excluding tert-OH is 1. The molecule has 4 heteroatoms. The molecule has 0 aliphatic rings. The maximum absolute atomic E-state index is 8.90. The van der Waals surface area contributed by atoms with Crippen LogP contribution in [0.25, 0.3) is 11.0 Å². The van der Waals surface area contributed by atoms with Crippen molar-refractivity contribution in [3.63, 3.8) is 0 Å². The standard InChI is InChI=1S/C12H15ClN2O/c1-2-12-14-10-5-4-9(13)8-11(10)15(12)6-3-7-16/h4-5,8,16H,2-3,6-7H2,1H3. The Hall–Kier alpha value is -1.06. The molecule has 86 valence electrons.